The predicted molar refractivity (Wildman–Crippen MR) is 55.1 cm³/mol. The fourth-order valence-electron chi connectivity index (χ4n) is 1.11. The number of nitrogens with zero attached hydrogens (tertiary/aromatic N) is 1. The quantitative estimate of drug-likeness (QED) is 0.480. The highest BCUT2D eigenvalue weighted by Crippen LogP contribution is 2.04. The lowest BCUT2D eigenvalue weighted by Gasteiger charge is -2.28. The molecule has 0 saturated heterocycles. The topological polar surface area (TPSA) is 85.6 Å². The molecular formula is C10H16N2O3. The SMILES string of the molecule is OCC(CO)(CO)NCc1ccncc1. The van der Waals surface area contributed by atoms with Crippen LogP contribution in [0.25, 0.3) is 0 Å². The molecule has 0 aliphatic carbocycles. The zero-order chi connectivity index (χ0) is 11.1. The highest BCUT2D eigenvalue weighted by atomic mass is 16.3. The molecule has 0 unspecified atom stereocenters. The molecule has 0 bridgehead atoms. The summed E-state index contributed by atoms with van der Waals surface area (Å²) in [5.41, 5.74) is -0.0479. The van der Waals surface area contributed by atoms with Crippen molar-refractivity contribution in [3.8, 4) is 0 Å². The third kappa shape index (κ3) is 3.24. The predicted octanol–water partition coefficient (Wildman–Crippen LogP) is -1.11. The molecule has 0 aromatic carbocycles. The monoisotopic (exact) mass is 212 g/mol. The summed E-state index contributed by atoms with van der Waals surface area (Å²) in [5.74, 6) is 0. The Balaban J connectivity index is 2.54. The molecule has 0 spiro atoms. The number of aromatic nitrogens is 1. The third-order valence-corrected chi connectivity index (χ3v) is 2.32. The van der Waals surface area contributed by atoms with Gasteiger partial charge >= 0.3 is 0 Å². The number of hydrogen-bond acceptors (Lipinski definition) is 5. The van der Waals surface area contributed by atoms with Gasteiger partial charge in [0.25, 0.3) is 0 Å². The number of aliphatic hydroxyl groups excluding tert-OH is 3. The molecule has 0 fully saturated rings. The normalized spacial score (nSPS) is 11.7. The molecule has 1 heterocycles. The molecule has 1 rings (SSSR count). The summed E-state index contributed by atoms with van der Waals surface area (Å²) >= 11 is 0. The summed E-state index contributed by atoms with van der Waals surface area (Å²) in [6.07, 6.45) is 3.32. The Morgan fingerprint density at radius 1 is 1.07 bits per heavy atom. The Morgan fingerprint density at radius 2 is 1.60 bits per heavy atom. The molecule has 0 saturated carbocycles. The first-order valence-corrected chi connectivity index (χ1v) is 4.73. The van der Waals surface area contributed by atoms with Gasteiger partial charge in [0.15, 0.2) is 0 Å². The van der Waals surface area contributed by atoms with Crippen LogP contribution < -0.4 is 5.32 Å². The van der Waals surface area contributed by atoms with Crippen LogP contribution in [0.15, 0.2) is 24.5 Å². The van der Waals surface area contributed by atoms with Crippen LogP contribution in [0.4, 0.5) is 0 Å². The van der Waals surface area contributed by atoms with E-state index >= 15 is 0 Å². The summed E-state index contributed by atoms with van der Waals surface area (Å²) in [4.78, 5) is 3.87. The van der Waals surface area contributed by atoms with Crippen LogP contribution in [0.3, 0.4) is 0 Å². The first-order chi connectivity index (χ1) is 7.26. The third-order valence-electron chi connectivity index (χ3n) is 2.32. The molecule has 0 radical (unpaired) electrons. The van der Waals surface area contributed by atoms with Crippen molar-refractivity contribution in [2.24, 2.45) is 0 Å². The van der Waals surface area contributed by atoms with Gasteiger partial charge in [0, 0.05) is 18.9 Å². The summed E-state index contributed by atoms with van der Waals surface area (Å²) < 4.78 is 0. The zero-order valence-electron chi connectivity index (χ0n) is 8.43. The van der Waals surface area contributed by atoms with Crippen molar-refractivity contribution >= 4 is 0 Å². The van der Waals surface area contributed by atoms with Gasteiger partial charge in [-0.15, -0.1) is 0 Å². The zero-order valence-corrected chi connectivity index (χ0v) is 8.43. The van der Waals surface area contributed by atoms with E-state index in [1.54, 1.807) is 12.4 Å². The lowest BCUT2D eigenvalue weighted by atomic mass is 10.0. The van der Waals surface area contributed by atoms with Crippen molar-refractivity contribution in [1.29, 1.82) is 0 Å². The largest absolute Gasteiger partial charge is 0.394 e. The van der Waals surface area contributed by atoms with E-state index in [0.717, 1.165) is 5.56 Å². The average Bonchev–Trinajstić information content (AvgIpc) is 2.33. The minimum Gasteiger partial charge on any atom is -0.394 e. The second-order valence-electron chi connectivity index (χ2n) is 3.46. The standard InChI is InChI=1S/C10H16N2O3/c13-6-10(7-14,8-15)12-5-9-1-3-11-4-2-9/h1-4,12-15H,5-8H2. The van der Waals surface area contributed by atoms with Gasteiger partial charge in [-0.2, -0.15) is 0 Å². The van der Waals surface area contributed by atoms with Crippen molar-refractivity contribution in [3.63, 3.8) is 0 Å². The lowest BCUT2D eigenvalue weighted by Crippen LogP contribution is -2.54. The second-order valence-corrected chi connectivity index (χ2v) is 3.46. The summed E-state index contributed by atoms with van der Waals surface area (Å²) in [6.45, 7) is -0.481. The van der Waals surface area contributed by atoms with Gasteiger partial charge in [-0.3, -0.25) is 4.98 Å². The van der Waals surface area contributed by atoms with Crippen molar-refractivity contribution in [3.05, 3.63) is 30.1 Å². The number of aliphatic hydroxyl groups is 3. The van der Waals surface area contributed by atoms with Gasteiger partial charge < -0.3 is 20.6 Å². The summed E-state index contributed by atoms with van der Waals surface area (Å²) in [6, 6.07) is 3.65. The molecule has 0 aliphatic heterocycles. The molecule has 4 N–H and O–H groups in total. The average molecular weight is 212 g/mol. The Bertz CT molecular complexity index is 267. The first-order valence-electron chi connectivity index (χ1n) is 4.73. The van der Waals surface area contributed by atoms with Crippen LogP contribution in [0.1, 0.15) is 5.56 Å². The van der Waals surface area contributed by atoms with Crippen LogP contribution in [-0.4, -0.2) is 45.7 Å². The Kier molecular flexibility index (Phi) is 4.64. The van der Waals surface area contributed by atoms with E-state index in [9.17, 15) is 0 Å². The van der Waals surface area contributed by atoms with Crippen LogP contribution in [-0.2, 0) is 6.54 Å². The van der Waals surface area contributed by atoms with Gasteiger partial charge in [0.05, 0.1) is 25.4 Å². The molecule has 0 atom stereocenters. The van der Waals surface area contributed by atoms with E-state index in [1.807, 2.05) is 12.1 Å². The molecule has 0 aliphatic rings. The van der Waals surface area contributed by atoms with Crippen molar-refractivity contribution in [2.75, 3.05) is 19.8 Å². The number of nitrogens with one attached hydrogen (secondary N) is 1. The van der Waals surface area contributed by atoms with Crippen molar-refractivity contribution in [1.82, 2.24) is 10.3 Å². The van der Waals surface area contributed by atoms with Gasteiger partial charge in [0.2, 0.25) is 0 Å². The Hall–Kier alpha value is -1.01. The van der Waals surface area contributed by atoms with Gasteiger partial charge in [-0.1, -0.05) is 0 Å². The van der Waals surface area contributed by atoms with Crippen LogP contribution in [0.2, 0.25) is 0 Å². The molecule has 5 nitrogen and oxygen atoms in total. The maximum atomic E-state index is 9.06. The maximum Gasteiger partial charge on any atom is 0.0884 e. The molecule has 0 amide bonds. The lowest BCUT2D eigenvalue weighted by molar-refractivity contribution is 0.0414. The maximum absolute atomic E-state index is 9.06. The minimum atomic E-state index is -1.02. The van der Waals surface area contributed by atoms with E-state index in [4.69, 9.17) is 15.3 Å². The fourth-order valence-corrected chi connectivity index (χ4v) is 1.11. The molecule has 1 aromatic heterocycles. The van der Waals surface area contributed by atoms with E-state index in [2.05, 4.69) is 10.3 Å². The van der Waals surface area contributed by atoms with Crippen LogP contribution in [0, 0.1) is 0 Å². The summed E-state index contributed by atoms with van der Waals surface area (Å²) in [5, 5.41) is 30.1. The first kappa shape index (κ1) is 12.1. The fraction of sp³-hybridized carbons (Fsp3) is 0.500. The molecule has 1 aromatic rings. The van der Waals surface area contributed by atoms with Gasteiger partial charge in [-0.25, -0.2) is 0 Å². The number of pyridine rings is 1. The smallest absolute Gasteiger partial charge is 0.0884 e. The van der Waals surface area contributed by atoms with E-state index in [1.165, 1.54) is 0 Å². The second kappa shape index (κ2) is 5.77. The van der Waals surface area contributed by atoms with Crippen molar-refractivity contribution < 1.29 is 15.3 Å². The van der Waals surface area contributed by atoms with Crippen molar-refractivity contribution in [2.45, 2.75) is 12.1 Å². The van der Waals surface area contributed by atoms with Crippen LogP contribution >= 0.6 is 0 Å². The van der Waals surface area contributed by atoms with E-state index < -0.39 is 5.54 Å². The Morgan fingerprint density at radius 3 is 2.07 bits per heavy atom. The molecule has 84 valence electrons. The van der Waals surface area contributed by atoms with Gasteiger partial charge in [0.1, 0.15) is 0 Å². The molecule has 15 heavy (non-hydrogen) atoms. The van der Waals surface area contributed by atoms with E-state index in [0.29, 0.717) is 6.54 Å². The number of hydrogen-bond donors (Lipinski definition) is 4. The number of rotatable bonds is 6. The highest BCUT2D eigenvalue weighted by molar-refractivity contribution is 5.10. The van der Waals surface area contributed by atoms with Gasteiger partial charge in [-0.05, 0) is 17.7 Å². The molecule has 5 heteroatoms. The molecular weight excluding hydrogens is 196 g/mol. The minimum absolute atomic E-state index is 0.314. The highest BCUT2D eigenvalue weighted by Gasteiger charge is 2.26. The summed E-state index contributed by atoms with van der Waals surface area (Å²) in [7, 11) is 0. The van der Waals surface area contributed by atoms with Crippen LogP contribution in [0.5, 0.6) is 0 Å². The Labute approximate surface area is 88.4 Å². The van der Waals surface area contributed by atoms with E-state index in [-0.39, 0.29) is 19.8 Å².